The van der Waals surface area contributed by atoms with Crippen molar-refractivity contribution in [2.24, 2.45) is 5.41 Å². The van der Waals surface area contributed by atoms with Gasteiger partial charge in [0, 0.05) is 19.6 Å². The predicted octanol–water partition coefficient (Wildman–Crippen LogP) is 3.07. The van der Waals surface area contributed by atoms with E-state index in [2.05, 4.69) is 55.3 Å². The van der Waals surface area contributed by atoms with Crippen LogP contribution in [-0.4, -0.2) is 31.1 Å². The second kappa shape index (κ2) is 6.53. The normalized spacial score (nSPS) is 17.0. The summed E-state index contributed by atoms with van der Waals surface area (Å²) in [4.78, 5) is 2.63. The molecule has 0 radical (unpaired) electrons. The van der Waals surface area contributed by atoms with Gasteiger partial charge in [-0.25, -0.2) is 0 Å². The molecule has 0 aliphatic carbocycles. The second-order valence-electron chi connectivity index (χ2n) is 6.53. The molecule has 0 unspecified atom stereocenters. The maximum Gasteiger partial charge on any atom is 0.0236 e. The van der Waals surface area contributed by atoms with Crippen LogP contribution in [-0.2, 0) is 13.0 Å². The molecule has 19 heavy (non-hydrogen) atoms. The van der Waals surface area contributed by atoms with Gasteiger partial charge in [0.05, 0.1) is 0 Å². The summed E-state index contributed by atoms with van der Waals surface area (Å²) in [5, 5.41) is 3.49. The molecule has 0 saturated heterocycles. The van der Waals surface area contributed by atoms with Gasteiger partial charge in [0.2, 0.25) is 0 Å². The molecule has 1 aliphatic heterocycles. The van der Waals surface area contributed by atoms with Crippen molar-refractivity contribution in [3.05, 3.63) is 35.4 Å². The van der Waals surface area contributed by atoms with Crippen LogP contribution in [0.4, 0.5) is 0 Å². The third-order valence-electron chi connectivity index (χ3n) is 3.94. The van der Waals surface area contributed by atoms with Crippen molar-refractivity contribution in [2.45, 2.75) is 40.2 Å². The SMILES string of the molecule is CCNCC(C)(C)CN1CCCc2ccccc2C1. The van der Waals surface area contributed by atoms with Crippen molar-refractivity contribution in [2.75, 3.05) is 26.2 Å². The molecule has 2 rings (SSSR count). The van der Waals surface area contributed by atoms with Crippen LogP contribution in [0.1, 0.15) is 38.3 Å². The first kappa shape index (κ1) is 14.5. The summed E-state index contributed by atoms with van der Waals surface area (Å²) in [7, 11) is 0. The minimum absolute atomic E-state index is 0.343. The number of hydrogen-bond donors (Lipinski definition) is 1. The van der Waals surface area contributed by atoms with Gasteiger partial charge in [0.15, 0.2) is 0 Å². The van der Waals surface area contributed by atoms with E-state index in [1.165, 1.54) is 31.5 Å². The van der Waals surface area contributed by atoms with Crippen LogP contribution in [0.3, 0.4) is 0 Å². The number of nitrogens with one attached hydrogen (secondary N) is 1. The molecule has 0 spiro atoms. The minimum atomic E-state index is 0.343. The van der Waals surface area contributed by atoms with E-state index in [1.54, 1.807) is 5.56 Å². The first-order valence-corrected chi connectivity index (χ1v) is 7.60. The van der Waals surface area contributed by atoms with Gasteiger partial charge in [-0.1, -0.05) is 45.0 Å². The molecule has 1 aromatic rings. The van der Waals surface area contributed by atoms with Gasteiger partial charge in [0.1, 0.15) is 0 Å². The number of hydrogen-bond acceptors (Lipinski definition) is 2. The van der Waals surface area contributed by atoms with Gasteiger partial charge < -0.3 is 5.32 Å². The Kier molecular flexibility index (Phi) is 5.00. The van der Waals surface area contributed by atoms with Gasteiger partial charge in [-0.3, -0.25) is 4.90 Å². The van der Waals surface area contributed by atoms with Gasteiger partial charge in [0.25, 0.3) is 0 Å². The number of nitrogens with zero attached hydrogens (tertiary/aromatic N) is 1. The maximum absolute atomic E-state index is 3.49. The van der Waals surface area contributed by atoms with E-state index in [9.17, 15) is 0 Å². The molecule has 1 heterocycles. The fourth-order valence-electron chi connectivity index (χ4n) is 3.03. The predicted molar refractivity (Wildman–Crippen MR) is 82.4 cm³/mol. The summed E-state index contributed by atoms with van der Waals surface area (Å²) < 4.78 is 0. The molecule has 1 aromatic carbocycles. The quantitative estimate of drug-likeness (QED) is 0.875. The van der Waals surface area contributed by atoms with E-state index < -0.39 is 0 Å². The Morgan fingerprint density at radius 2 is 1.95 bits per heavy atom. The van der Waals surface area contributed by atoms with Crippen LogP contribution in [0, 0.1) is 5.41 Å². The highest BCUT2D eigenvalue weighted by Crippen LogP contribution is 2.22. The Morgan fingerprint density at radius 1 is 1.21 bits per heavy atom. The molecule has 106 valence electrons. The zero-order chi connectivity index (χ0) is 13.7. The molecular formula is C17H28N2. The van der Waals surface area contributed by atoms with Crippen molar-refractivity contribution in [3.63, 3.8) is 0 Å². The third-order valence-corrected chi connectivity index (χ3v) is 3.94. The molecular weight excluding hydrogens is 232 g/mol. The van der Waals surface area contributed by atoms with Crippen LogP contribution in [0.5, 0.6) is 0 Å². The second-order valence-corrected chi connectivity index (χ2v) is 6.53. The van der Waals surface area contributed by atoms with Crippen molar-refractivity contribution in [3.8, 4) is 0 Å². The van der Waals surface area contributed by atoms with E-state index in [0.29, 0.717) is 5.41 Å². The summed E-state index contributed by atoms with van der Waals surface area (Å²) in [5.74, 6) is 0. The summed E-state index contributed by atoms with van der Waals surface area (Å²) in [5.41, 5.74) is 3.42. The standard InChI is InChI=1S/C17H28N2/c1-4-18-13-17(2,3)14-19-11-7-10-15-8-5-6-9-16(15)12-19/h5-6,8-9,18H,4,7,10-14H2,1-3H3. The summed E-state index contributed by atoms with van der Waals surface area (Å²) in [6, 6.07) is 8.93. The summed E-state index contributed by atoms with van der Waals surface area (Å²) >= 11 is 0. The lowest BCUT2D eigenvalue weighted by molar-refractivity contribution is 0.170. The van der Waals surface area contributed by atoms with Crippen molar-refractivity contribution < 1.29 is 0 Å². The highest BCUT2D eigenvalue weighted by Gasteiger charge is 2.23. The Balaban J connectivity index is 1.98. The molecule has 1 aliphatic rings. The molecule has 2 nitrogen and oxygen atoms in total. The monoisotopic (exact) mass is 260 g/mol. The Bertz CT molecular complexity index is 398. The number of aryl methyl sites for hydroxylation is 1. The molecule has 0 amide bonds. The van der Waals surface area contributed by atoms with Crippen molar-refractivity contribution >= 4 is 0 Å². The Hall–Kier alpha value is -0.860. The lowest BCUT2D eigenvalue weighted by Crippen LogP contribution is -2.40. The first-order chi connectivity index (χ1) is 9.11. The van der Waals surface area contributed by atoms with Gasteiger partial charge in [-0.2, -0.15) is 0 Å². The first-order valence-electron chi connectivity index (χ1n) is 7.60. The lowest BCUT2D eigenvalue weighted by atomic mass is 9.92. The topological polar surface area (TPSA) is 15.3 Å². The van der Waals surface area contributed by atoms with E-state index in [-0.39, 0.29) is 0 Å². The molecule has 0 saturated carbocycles. The van der Waals surface area contributed by atoms with Crippen LogP contribution < -0.4 is 5.32 Å². The van der Waals surface area contributed by atoms with Crippen LogP contribution >= 0.6 is 0 Å². The van der Waals surface area contributed by atoms with Gasteiger partial charge >= 0.3 is 0 Å². The average Bonchev–Trinajstić information content (AvgIpc) is 2.57. The number of fused-ring (bicyclic) bond motifs is 1. The molecule has 0 atom stereocenters. The molecule has 0 aromatic heterocycles. The van der Waals surface area contributed by atoms with Crippen LogP contribution in [0.2, 0.25) is 0 Å². The van der Waals surface area contributed by atoms with E-state index in [0.717, 1.165) is 19.6 Å². The zero-order valence-corrected chi connectivity index (χ0v) is 12.7. The molecule has 1 N–H and O–H groups in total. The third kappa shape index (κ3) is 4.32. The highest BCUT2D eigenvalue weighted by molar-refractivity contribution is 5.28. The van der Waals surface area contributed by atoms with E-state index >= 15 is 0 Å². The highest BCUT2D eigenvalue weighted by atomic mass is 15.1. The summed E-state index contributed by atoms with van der Waals surface area (Å²) in [6.07, 6.45) is 2.52. The maximum atomic E-state index is 3.49. The van der Waals surface area contributed by atoms with Crippen LogP contribution in [0.15, 0.2) is 24.3 Å². The lowest BCUT2D eigenvalue weighted by Gasteiger charge is -2.32. The van der Waals surface area contributed by atoms with Gasteiger partial charge in [-0.05, 0) is 42.5 Å². The summed E-state index contributed by atoms with van der Waals surface area (Å²) in [6.45, 7) is 12.6. The smallest absolute Gasteiger partial charge is 0.0236 e. The fourth-order valence-corrected chi connectivity index (χ4v) is 3.03. The van der Waals surface area contributed by atoms with Crippen molar-refractivity contribution in [1.82, 2.24) is 10.2 Å². The van der Waals surface area contributed by atoms with Crippen molar-refractivity contribution in [1.29, 1.82) is 0 Å². The zero-order valence-electron chi connectivity index (χ0n) is 12.7. The average molecular weight is 260 g/mol. The van der Waals surface area contributed by atoms with E-state index in [4.69, 9.17) is 0 Å². The van der Waals surface area contributed by atoms with E-state index in [1.807, 2.05) is 0 Å². The molecule has 2 heteroatoms. The molecule has 0 bridgehead atoms. The Labute approximate surface area is 118 Å². The minimum Gasteiger partial charge on any atom is -0.316 e. The fraction of sp³-hybridized carbons (Fsp3) is 0.647. The largest absolute Gasteiger partial charge is 0.316 e. The number of rotatable bonds is 5. The van der Waals surface area contributed by atoms with Crippen LogP contribution in [0.25, 0.3) is 0 Å². The number of benzene rings is 1. The molecule has 0 fully saturated rings. The Morgan fingerprint density at radius 3 is 2.68 bits per heavy atom. The van der Waals surface area contributed by atoms with Gasteiger partial charge in [-0.15, -0.1) is 0 Å².